The molecule has 40 heavy (non-hydrogen) atoms. The van der Waals surface area contributed by atoms with Gasteiger partial charge in [-0.15, -0.1) is 22.7 Å². The number of nitro groups is 2. The lowest BCUT2D eigenvalue weighted by Crippen LogP contribution is -2.04. The van der Waals surface area contributed by atoms with Crippen molar-refractivity contribution in [3.05, 3.63) is 90.6 Å². The number of carbonyl (C=O) groups is 2. The Morgan fingerprint density at radius 2 is 1.05 bits per heavy atom. The van der Waals surface area contributed by atoms with Crippen LogP contribution >= 0.6 is 44.3 Å². The zero-order chi connectivity index (χ0) is 28.8. The van der Waals surface area contributed by atoms with Gasteiger partial charge in [-0.25, -0.2) is 9.59 Å². The predicted octanol–water partition coefficient (Wildman–Crippen LogP) is 8.11. The first kappa shape index (κ1) is 29.3. The maximum absolute atomic E-state index is 12.8. The minimum Gasteiger partial charge on any atom is -0.462 e. The summed E-state index contributed by atoms with van der Waals surface area (Å²) in [6.45, 7) is 3.43. The van der Waals surface area contributed by atoms with Crippen molar-refractivity contribution in [1.29, 1.82) is 0 Å². The molecule has 0 saturated carbocycles. The molecular formula is C26H20N2O8S4. The van der Waals surface area contributed by atoms with E-state index in [2.05, 4.69) is 0 Å². The lowest BCUT2D eigenvalue weighted by molar-refractivity contribution is -0.386. The average molecular weight is 617 g/mol. The molecule has 14 heteroatoms. The number of nitrogens with zero attached hydrogens (tertiary/aromatic N) is 2. The maximum atomic E-state index is 12.8. The van der Waals surface area contributed by atoms with Crippen molar-refractivity contribution in [2.24, 2.45) is 0 Å². The topological polar surface area (TPSA) is 139 Å². The van der Waals surface area contributed by atoms with Gasteiger partial charge in [0.15, 0.2) is 8.42 Å². The van der Waals surface area contributed by atoms with Gasteiger partial charge in [-0.2, -0.15) is 0 Å². The second-order valence-corrected chi connectivity index (χ2v) is 12.4. The van der Waals surface area contributed by atoms with E-state index in [1.165, 1.54) is 0 Å². The molecule has 0 atom stereocenters. The van der Waals surface area contributed by atoms with E-state index in [1.807, 2.05) is 0 Å². The van der Waals surface area contributed by atoms with Gasteiger partial charge < -0.3 is 9.47 Å². The number of benzene rings is 2. The number of ether oxygens (including phenoxy) is 2. The van der Waals surface area contributed by atoms with E-state index < -0.39 is 21.8 Å². The Kier molecular flexibility index (Phi) is 9.58. The second-order valence-electron chi connectivity index (χ2n) is 7.74. The van der Waals surface area contributed by atoms with Crippen molar-refractivity contribution in [1.82, 2.24) is 0 Å². The molecule has 0 amide bonds. The SMILES string of the molecule is CCOC(=O)c1sc(SSc2sc(C(=O)OCC)c(-c3ccccc3)c2[N+](=O)[O-])c([N+](=O)[O-])c1-c1ccccc1. The van der Waals surface area contributed by atoms with E-state index in [-0.39, 0.29) is 53.9 Å². The zero-order valence-electron chi connectivity index (χ0n) is 21.0. The van der Waals surface area contributed by atoms with Gasteiger partial charge in [0.1, 0.15) is 9.75 Å². The summed E-state index contributed by atoms with van der Waals surface area (Å²) >= 11 is 1.76. The summed E-state index contributed by atoms with van der Waals surface area (Å²) < 4.78 is 10.6. The van der Waals surface area contributed by atoms with E-state index in [9.17, 15) is 29.8 Å². The number of carbonyl (C=O) groups excluding carboxylic acids is 2. The van der Waals surface area contributed by atoms with E-state index in [0.717, 1.165) is 44.3 Å². The van der Waals surface area contributed by atoms with Crippen LogP contribution in [0.4, 0.5) is 11.4 Å². The fraction of sp³-hybridized carbons (Fsp3) is 0.154. The Morgan fingerprint density at radius 1 is 0.700 bits per heavy atom. The quantitative estimate of drug-likeness (QED) is 0.0702. The minimum atomic E-state index is -0.704. The first-order valence-electron chi connectivity index (χ1n) is 11.7. The molecule has 0 saturated heterocycles. The molecule has 0 unspecified atom stereocenters. The summed E-state index contributed by atoms with van der Waals surface area (Å²) in [5, 5.41) is 24.5. The first-order chi connectivity index (χ1) is 19.3. The van der Waals surface area contributed by atoms with Gasteiger partial charge in [-0.1, -0.05) is 60.7 Å². The molecule has 206 valence electrons. The predicted molar refractivity (Wildman–Crippen MR) is 156 cm³/mol. The smallest absolute Gasteiger partial charge is 0.349 e. The number of esters is 2. The number of thiophene rings is 2. The highest BCUT2D eigenvalue weighted by Gasteiger charge is 2.36. The fourth-order valence-corrected chi connectivity index (χ4v) is 9.17. The number of hydrogen-bond acceptors (Lipinski definition) is 12. The van der Waals surface area contributed by atoms with Gasteiger partial charge >= 0.3 is 23.3 Å². The first-order valence-corrected chi connectivity index (χ1v) is 15.5. The molecule has 0 fully saturated rings. The normalized spacial score (nSPS) is 10.8. The molecule has 0 spiro atoms. The van der Waals surface area contributed by atoms with Crippen LogP contribution in [0.2, 0.25) is 0 Å². The van der Waals surface area contributed by atoms with Crippen molar-refractivity contribution in [2.75, 3.05) is 13.2 Å². The van der Waals surface area contributed by atoms with Crippen molar-refractivity contribution in [3.8, 4) is 22.3 Å². The highest BCUT2D eigenvalue weighted by molar-refractivity contribution is 8.77. The van der Waals surface area contributed by atoms with Gasteiger partial charge in [0, 0.05) is 0 Å². The summed E-state index contributed by atoms with van der Waals surface area (Å²) in [6, 6.07) is 16.9. The highest BCUT2D eigenvalue weighted by Crippen LogP contribution is 2.56. The Balaban J connectivity index is 1.84. The van der Waals surface area contributed by atoms with E-state index in [4.69, 9.17) is 9.47 Å². The van der Waals surface area contributed by atoms with Gasteiger partial charge in [0.05, 0.1) is 34.2 Å². The molecule has 2 aromatic carbocycles. The van der Waals surface area contributed by atoms with Crippen LogP contribution in [0.3, 0.4) is 0 Å². The monoisotopic (exact) mass is 616 g/mol. The molecule has 0 N–H and O–H groups in total. The minimum absolute atomic E-state index is 0.0562. The lowest BCUT2D eigenvalue weighted by Gasteiger charge is -2.04. The van der Waals surface area contributed by atoms with Crippen LogP contribution in [0.25, 0.3) is 22.3 Å². The Hall–Kier alpha value is -3.72. The lowest BCUT2D eigenvalue weighted by atomic mass is 10.1. The molecular weight excluding hydrogens is 597 g/mol. The fourth-order valence-electron chi connectivity index (χ4n) is 3.75. The van der Waals surface area contributed by atoms with Gasteiger partial charge in [-0.3, -0.25) is 20.2 Å². The van der Waals surface area contributed by atoms with Crippen LogP contribution in [0, 0.1) is 20.2 Å². The molecule has 0 radical (unpaired) electrons. The second kappa shape index (κ2) is 13.1. The Bertz CT molecular complexity index is 1450. The Morgan fingerprint density at radius 3 is 1.35 bits per heavy atom. The average Bonchev–Trinajstić information content (AvgIpc) is 3.53. The molecule has 4 aromatic rings. The van der Waals surface area contributed by atoms with Crippen LogP contribution in [-0.4, -0.2) is 35.0 Å². The molecule has 10 nitrogen and oxygen atoms in total. The third kappa shape index (κ3) is 6.04. The largest absolute Gasteiger partial charge is 0.462 e. The van der Waals surface area contributed by atoms with E-state index in [0.29, 0.717) is 11.1 Å². The molecule has 4 rings (SSSR count). The van der Waals surface area contributed by atoms with Crippen LogP contribution in [0.15, 0.2) is 69.1 Å². The van der Waals surface area contributed by atoms with Crippen molar-refractivity contribution in [3.63, 3.8) is 0 Å². The molecule has 2 aromatic heterocycles. The van der Waals surface area contributed by atoms with Gasteiger partial charge in [0.25, 0.3) is 0 Å². The van der Waals surface area contributed by atoms with Crippen molar-refractivity contribution >= 4 is 67.6 Å². The van der Waals surface area contributed by atoms with Crippen LogP contribution in [-0.2, 0) is 9.47 Å². The molecule has 0 aliphatic rings. The summed E-state index contributed by atoms with van der Waals surface area (Å²) in [4.78, 5) is 49.1. The van der Waals surface area contributed by atoms with Crippen LogP contribution in [0.1, 0.15) is 33.2 Å². The van der Waals surface area contributed by atoms with E-state index in [1.54, 1.807) is 74.5 Å². The van der Waals surface area contributed by atoms with Gasteiger partial charge in [0.2, 0.25) is 0 Å². The molecule has 0 bridgehead atoms. The number of hydrogen-bond donors (Lipinski definition) is 0. The van der Waals surface area contributed by atoms with Crippen molar-refractivity contribution in [2.45, 2.75) is 22.3 Å². The van der Waals surface area contributed by atoms with Gasteiger partial charge in [-0.05, 0) is 46.6 Å². The highest BCUT2D eigenvalue weighted by atomic mass is 33.1. The third-order valence-corrected chi connectivity index (χ3v) is 10.9. The van der Waals surface area contributed by atoms with Crippen molar-refractivity contribution < 1.29 is 28.9 Å². The van der Waals surface area contributed by atoms with Crippen LogP contribution in [0.5, 0.6) is 0 Å². The molecule has 2 heterocycles. The summed E-state index contributed by atoms with van der Waals surface area (Å²) in [5.41, 5.74) is 0.562. The van der Waals surface area contributed by atoms with Crippen LogP contribution < -0.4 is 0 Å². The maximum Gasteiger partial charge on any atom is 0.349 e. The Labute approximate surface area is 244 Å². The third-order valence-electron chi connectivity index (χ3n) is 5.31. The summed E-state index contributed by atoms with van der Waals surface area (Å²) in [5.74, 6) is -1.41. The summed E-state index contributed by atoms with van der Waals surface area (Å²) in [6.07, 6.45) is 0. The zero-order valence-corrected chi connectivity index (χ0v) is 24.2. The summed E-state index contributed by atoms with van der Waals surface area (Å²) in [7, 11) is 1.81. The molecule has 0 aliphatic heterocycles. The van der Waals surface area contributed by atoms with E-state index >= 15 is 0 Å². The number of rotatable bonds is 11. The molecule has 0 aliphatic carbocycles. The standard InChI is InChI=1S/C26H20N2O8S4/c1-3-35-23(29)21-17(15-11-7-5-8-12-15)19(27(31)32)25(37-21)39-40-26-20(28(33)34)18(16-13-9-6-10-14-16)22(38-26)24(30)36-4-2/h5-14H,3-4H2,1-2H3.